The number of aromatic nitrogens is 2. The van der Waals surface area contributed by atoms with E-state index in [9.17, 15) is 0 Å². The second-order valence-corrected chi connectivity index (χ2v) is 14.1. The summed E-state index contributed by atoms with van der Waals surface area (Å²) in [6, 6.07) is 0. The zero-order valence-corrected chi connectivity index (χ0v) is 30.3. The lowest BCUT2D eigenvalue weighted by Gasteiger charge is -2.07. The molecule has 0 bridgehead atoms. The van der Waals surface area contributed by atoms with E-state index in [2.05, 4.69) is 42.3 Å². The van der Waals surface area contributed by atoms with Crippen molar-refractivity contribution in [3.8, 4) is 0 Å². The Balaban J connectivity index is 2.19. The molecule has 0 amide bonds. The molecule has 0 radical (unpaired) electrons. The Bertz CT molecular complexity index is 663. The maximum absolute atomic E-state index is 2.63. The first kappa shape index (κ1) is 40.2. The quantitative estimate of drug-likeness (QED) is 0.0540. The molecule has 43 heavy (non-hydrogen) atoms. The second-order valence-electron chi connectivity index (χ2n) is 14.1. The third-order valence-corrected chi connectivity index (χ3v) is 9.85. The van der Waals surface area contributed by atoms with Crippen LogP contribution in [-0.2, 0) is 19.5 Å². The predicted octanol–water partition coefficient (Wildman–Crippen LogP) is 13.9. The Kier molecular flexibility index (Phi) is 30.5. The maximum atomic E-state index is 2.63. The highest BCUT2D eigenvalue weighted by molar-refractivity contribution is 4.84. The molecular formula is C41H81N2+. The van der Waals surface area contributed by atoms with Gasteiger partial charge in [-0.3, -0.25) is 0 Å². The average Bonchev–Trinajstić information content (AvgIpc) is 3.40. The number of hydrogen-bond acceptors (Lipinski definition) is 0. The maximum Gasteiger partial charge on any atom is 0.256 e. The van der Waals surface area contributed by atoms with E-state index in [0.29, 0.717) is 0 Å². The van der Waals surface area contributed by atoms with Gasteiger partial charge in [-0.2, -0.15) is 0 Å². The minimum atomic E-state index is 1.23. The van der Waals surface area contributed by atoms with Gasteiger partial charge < -0.3 is 0 Å². The second kappa shape index (κ2) is 32.6. The lowest BCUT2D eigenvalue weighted by molar-refractivity contribution is -0.704. The smallest absolute Gasteiger partial charge is 0.234 e. The van der Waals surface area contributed by atoms with Gasteiger partial charge in [-0.05, 0) is 32.1 Å². The molecule has 1 aromatic rings. The first-order valence-electron chi connectivity index (χ1n) is 20.4. The van der Waals surface area contributed by atoms with Crippen LogP contribution in [0.5, 0.6) is 0 Å². The highest BCUT2D eigenvalue weighted by atomic mass is 15.1. The van der Waals surface area contributed by atoms with Crippen molar-refractivity contribution in [3.63, 3.8) is 0 Å². The van der Waals surface area contributed by atoms with Gasteiger partial charge in [0.1, 0.15) is 12.4 Å². The van der Waals surface area contributed by atoms with Gasteiger partial charge in [0.15, 0.2) is 0 Å². The van der Waals surface area contributed by atoms with Crippen molar-refractivity contribution in [3.05, 3.63) is 18.2 Å². The van der Waals surface area contributed by atoms with Crippen LogP contribution < -0.4 is 4.57 Å². The van der Waals surface area contributed by atoms with Crippen LogP contribution in [0.1, 0.15) is 232 Å². The first-order chi connectivity index (χ1) is 21.3. The van der Waals surface area contributed by atoms with Gasteiger partial charge in [0.2, 0.25) is 0 Å². The van der Waals surface area contributed by atoms with Crippen LogP contribution in [0.15, 0.2) is 12.4 Å². The first-order valence-corrected chi connectivity index (χ1v) is 20.4. The molecule has 0 spiro atoms. The summed E-state index contributed by atoms with van der Waals surface area (Å²) in [5.41, 5.74) is 0. The van der Waals surface area contributed by atoms with Crippen molar-refractivity contribution in [1.82, 2.24) is 4.57 Å². The van der Waals surface area contributed by atoms with Crippen LogP contribution in [0.2, 0.25) is 0 Å². The van der Waals surface area contributed by atoms with Crippen LogP contribution in [0, 0.1) is 0 Å². The molecule has 0 N–H and O–H groups in total. The van der Waals surface area contributed by atoms with Crippen LogP contribution in [-0.4, -0.2) is 4.57 Å². The van der Waals surface area contributed by atoms with E-state index in [1.807, 2.05) is 0 Å². The third-order valence-electron chi connectivity index (χ3n) is 9.85. The topological polar surface area (TPSA) is 8.81 Å². The molecule has 1 aromatic heterocycles. The van der Waals surface area contributed by atoms with Gasteiger partial charge in [0.05, 0.1) is 13.1 Å². The fourth-order valence-corrected chi connectivity index (χ4v) is 6.86. The van der Waals surface area contributed by atoms with Gasteiger partial charge in [-0.15, -0.1) is 0 Å². The summed E-state index contributed by atoms with van der Waals surface area (Å²) in [5.74, 6) is 1.62. The summed E-state index contributed by atoms with van der Waals surface area (Å²) < 4.78 is 5.26. The molecular weight excluding hydrogens is 520 g/mol. The van der Waals surface area contributed by atoms with Crippen molar-refractivity contribution >= 4 is 0 Å². The highest BCUT2D eigenvalue weighted by Gasteiger charge is 2.16. The minimum Gasteiger partial charge on any atom is -0.234 e. The Morgan fingerprint density at radius 3 is 1.12 bits per heavy atom. The molecule has 0 aliphatic heterocycles. The van der Waals surface area contributed by atoms with Crippen molar-refractivity contribution in [2.75, 3.05) is 0 Å². The zero-order valence-electron chi connectivity index (χ0n) is 30.3. The van der Waals surface area contributed by atoms with Crippen LogP contribution in [0.4, 0.5) is 0 Å². The minimum absolute atomic E-state index is 1.23. The Hall–Kier alpha value is -0.790. The van der Waals surface area contributed by atoms with Crippen LogP contribution >= 0.6 is 0 Å². The standard InChI is InChI=1S/C41H81N2/c1-4-7-10-13-16-18-19-20-21-22-23-24-25-26-29-32-35-38-43-40-39-42(37-34-31-28-17-14-11-8-5-2)41(43)36-33-30-27-15-12-9-6-3/h39-40H,4-38H2,1-3H3/q+1. The number of rotatable bonds is 35. The highest BCUT2D eigenvalue weighted by Crippen LogP contribution is 2.15. The molecule has 0 unspecified atom stereocenters. The molecule has 0 aromatic carbocycles. The van der Waals surface area contributed by atoms with E-state index >= 15 is 0 Å². The van der Waals surface area contributed by atoms with Crippen molar-refractivity contribution in [2.45, 2.75) is 246 Å². The summed E-state index contributed by atoms with van der Waals surface area (Å²) in [6.07, 6.45) is 51.9. The zero-order chi connectivity index (χ0) is 30.9. The Morgan fingerprint density at radius 2 is 0.721 bits per heavy atom. The fourth-order valence-electron chi connectivity index (χ4n) is 6.86. The van der Waals surface area contributed by atoms with Gasteiger partial charge in [0.25, 0.3) is 5.82 Å². The molecule has 2 nitrogen and oxygen atoms in total. The number of nitrogens with zero attached hydrogens (tertiary/aromatic N) is 2. The molecule has 0 saturated heterocycles. The van der Waals surface area contributed by atoms with Gasteiger partial charge in [-0.1, -0.05) is 194 Å². The van der Waals surface area contributed by atoms with Crippen LogP contribution in [0.3, 0.4) is 0 Å². The van der Waals surface area contributed by atoms with Gasteiger partial charge in [0, 0.05) is 6.42 Å². The van der Waals surface area contributed by atoms with E-state index in [0.717, 1.165) is 0 Å². The van der Waals surface area contributed by atoms with Crippen molar-refractivity contribution in [1.29, 1.82) is 0 Å². The van der Waals surface area contributed by atoms with E-state index in [-0.39, 0.29) is 0 Å². The van der Waals surface area contributed by atoms with E-state index < -0.39 is 0 Å². The summed E-state index contributed by atoms with van der Waals surface area (Å²) in [7, 11) is 0. The SMILES string of the molecule is CCCCCCCCCCCCCCCCCCC[n+]1ccn(CCCCCCCCCC)c1CCCCCCCCC. The molecule has 1 rings (SSSR count). The predicted molar refractivity (Wildman–Crippen MR) is 193 cm³/mol. The van der Waals surface area contributed by atoms with E-state index in [1.54, 1.807) is 5.82 Å². The number of unbranched alkanes of at least 4 members (excludes halogenated alkanes) is 29. The molecule has 0 fully saturated rings. The van der Waals surface area contributed by atoms with Crippen molar-refractivity contribution < 1.29 is 4.57 Å². The summed E-state index contributed by atoms with van der Waals surface area (Å²) >= 11 is 0. The lowest BCUT2D eigenvalue weighted by atomic mass is 10.0. The van der Waals surface area contributed by atoms with Gasteiger partial charge in [-0.25, -0.2) is 9.13 Å². The summed E-state index contributed by atoms with van der Waals surface area (Å²) in [5, 5.41) is 0. The number of hydrogen-bond donors (Lipinski definition) is 0. The van der Waals surface area contributed by atoms with E-state index in [4.69, 9.17) is 0 Å². The molecule has 0 aliphatic carbocycles. The normalized spacial score (nSPS) is 11.6. The Labute approximate surface area is 272 Å². The lowest BCUT2D eigenvalue weighted by Crippen LogP contribution is -2.37. The van der Waals surface area contributed by atoms with Crippen molar-refractivity contribution in [2.24, 2.45) is 0 Å². The van der Waals surface area contributed by atoms with Gasteiger partial charge >= 0.3 is 0 Å². The number of imidazole rings is 1. The average molecular weight is 602 g/mol. The molecule has 2 heteroatoms. The fraction of sp³-hybridized carbons (Fsp3) is 0.927. The van der Waals surface area contributed by atoms with E-state index in [1.165, 1.54) is 225 Å². The third kappa shape index (κ3) is 25.1. The largest absolute Gasteiger partial charge is 0.256 e. The molecule has 0 aliphatic rings. The molecule has 1 heterocycles. The summed E-state index contributed by atoms with van der Waals surface area (Å²) in [4.78, 5) is 0. The summed E-state index contributed by atoms with van der Waals surface area (Å²) in [6.45, 7) is 9.40. The molecule has 0 saturated carbocycles. The number of aryl methyl sites for hydroxylation is 2. The monoisotopic (exact) mass is 602 g/mol. The molecule has 0 atom stereocenters. The van der Waals surface area contributed by atoms with Crippen LogP contribution in [0.25, 0.3) is 0 Å². The molecule has 254 valence electrons. The Morgan fingerprint density at radius 1 is 0.395 bits per heavy atom.